The average molecular weight is 560 g/mol. The lowest BCUT2D eigenvalue weighted by Gasteiger charge is -2.36. The molecule has 0 spiro atoms. The number of anilines is 7. The summed E-state index contributed by atoms with van der Waals surface area (Å²) in [6.45, 7) is 1.55. The van der Waals surface area contributed by atoms with Crippen LogP contribution in [-0.2, 0) is 4.79 Å². The van der Waals surface area contributed by atoms with E-state index in [1.807, 2.05) is 48.5 Å². The molecule has 2 N–H and O–H groups in total. The number of quaternary nitrogens is 1. The molecule has 0 aromatic heterocycles. The number of fused-ring (bicyclic) bond motifs is 2. The molecule has 0 atom stereocenters. The number of nitrogens with one attached hydrogen (secondary N) is 2. The van der Waals surface area contributed by atoms with Crippen LogP contribution in [0.3, 0.4) is 0 Å². The fourth-order valence-corrected chi connectivity index (χ4v) is 5.95. The first-order valence-electron chi connectivity index (χ1n) is 14.4. The number of hydrogen-bond acceptors (Lipinski definition) is 3. The smallest absolute Gasteiger partial charge is 0.221 e. The molecule has 5 heteroatoms. The van der Waals surface area contributed by atoms with Crippen molar-refractivity contribution in [2.75, 3.05) is 15.1 Å². The molecule has 0 unspecified atom stereocenters. The minimum atomic E-state index is -0.116. The highest BCUT2D eigenvalue weighted by Gasteiger charge is 2.35. The zero-order valence-corrected chi connectivity index (χ0v) is 23.8. The Morgan fingerprint density at radius 3 is 1.63 bits per heavy atom. The molecule has 6 aromatic rings. The molecule has 0 saturated heterocycles. The maximum atomic E-state index is 12.4. The second-order valence-corrected chi connectivity index (χ2v) is 10.5. The van der Waals surface area contributed by atoms with Crippen LogP contribution in [0.4, 0.5) is 56.9 Å². The van der Waals surface area contributed by atoms with Crippen molar-refractivity contribution in [1.82, 2.24) is 0 Å². The van der Waals surface area contributed by atoms with Gasteiger partial charge in [0.05, 0.1) is 11.4 Å². The maximum absolute atomic E-state index is 12.4. The quantitative estimate of drug-likeness (QED) is 0.213. The van der Waals surface area contributed by atoms with Gasteiger partial charge in [-0.3, -0.25) is 9.69 Å². The summed E-state index contributed by atoms with van der Waals surface area (Å²) in [5, 5.41) is 3.09. The molecule has 0 saturated carbocycles. The summed E-state index contributed by atoms with van der Waals surface area (Å²) in [5.74, 6) is -0.116. The average Bonchev–Trinajstić information content (AvgIpc) is 3.06. The number of benzene rings is 6. The Kier molecular flexibility index (Phi) is 6.91. The molecular weight excluding hydrogens is 528 g/mol. The van der Waals surface area contributed by atoms with Gasteiger partial charge in [0.25, 0.3) is 0 Å². The number of para-hydroxylation sites is 7. The van der Waals surface area contributed by atoms with Gasteiger partial charge in [-0.1, -0.05) is 78.9 Å². The van der Waals surface area contributed by atoms with Crippen LogP contribution in [0.2, 0.25) is 0 Å². The van der Waals surface area contributed by atoms with Gasteiger partial charge in [-0.15, -0.1) is 0 Å². The predicted molar refractivity (Wildman–Crippen MR) is 176 cm³/mol. The lowest BCUT2D eigenvalue weighted by Crippen LogP contribution is -2.97. The zero-order chi connectivity index (χ0) is 29.2. The first-order valence-corrected chi connectivity index (χ1v) is 14.4. The van der Waals surface area contributed by atoms with Crippen molar-refractivity contribution < 1.29 is 9.69 Å². The van der Waals surface area contributed by atoms with Gasteiger partial charge in [-0.2, -0.15) is 0 Å². The van der Waals surface area contributed by atoms with Crippen molar-refractivity contribution in [3.63, 3.8) is 0 Å². The molecule has 6 aromatic carbocycles. The van der Waals surface area contributed by atoms with Crippen molar-refractivity contribution in [3.05, 3.63) is 158 Å². The molecule has 1 amide bonds. The van der Waals surface area contributed by atoms with Crippen LogP contribution in [0, 0.1) is 0 Å². The summed E-state index contributed by atoms with van der Waals surface area (Å²) in [6.07, 6.45) is 0. The Morgan fingerprint density at radius 2 is 1.09 bits per heavy atom. The van der Waals surface area contributed by atoms with Gasteiger partial charge in [0.15, 0.2) is 11.4 Å². The van der Waals surface area contributed by atoms with E-state index in [-0.39, 0.29) is 5.91 Å². The normalized spacial score (nSPS) is 12.3. The molecule has 0 aliphatic carbocycles. The van der Waals surface area contributed by atoms with E-state index in [2.05, 4.69) is 124 Å². The van der Waals surface area contributed by atoms with Crippen molar-refractivity contribution in [2.45, 2.75) is 6.92 Å². The number of carbonyl (C=O) groups is 1. The van der Waals surface area contributed by atoms with E-state index in [0.717, 1.165) is 61.8 Å². The van der Waals surface area contributed by atoms with Gasteiger partial charge in [-0.05, 0) is 54.6 Å². The Hall–Kier alpha value is -5.65. The number of nitrogens with zero attached hydrogens (tertiary/aromatic N) is 2. The minimum absolute atomic E-state index is 0.116. The Bertz CT molecular complexity index is 1800. The van der Waals surface area contributed by atoms with E-state index in [1.54, 1.807) is 6.92 Å². The van der Waals surface area contributed by atoms with Crippen LogP contribution in [-0.4, -0.2) is 5.91 Å². The van der Waals surface area contributed by atoms with Crippen LogP contribution >= 0.6 is 0 Å². The maximum Gasteiger partial charge on any atom is 0.221 e. The summed E-state index contributed by atoms with van der Waals surface area (Å²) < 4.78 is 0. The predicted octanol–water partition coefficient (Wildman–Crippen LogP) is 9.08. The largest absolute Gasteiger partial charge is 0.325 e. The van der Waals surface area contributed by atoms with Crippen LogP contribution in [0.1, 0.15) is 6.92 Å². The molecule has 1 heterocycles. The SMILES string of the molecule is CC(=O)Nc1ccc([NH+]2c3ccccc3N(c3ccccc3)c3ccccc32)cc1N(c1ccccc1)c1ccccc1. The van der Waals surface area contributed by atoms with Crippen molar-refractivity contribution in [1.29, 1.82) is 0 Å². The van der Waals surface area contributed by atoms with Crippen molar-refractivity contribution >= 4 is 62.8 Å². The molecule has 1 aliphatic heterocycles. The van der Waals surface area contributed by atoms with Crippen LogP contribution in [0.5, 0.6) is 0 Å². The second kappa shape index (κ2) is 11.3. The first-order chi connectivity index (χ1) is 21.2. The molecule has 7 rings (SSSR count). The summed E-state index contributed by atoms with van der Waals surface area (Å²) in [7, 11) is 0. The lowest BCUT2D eigenvalue weighted by atomic mass is 10.0. The van der Waals surface area contributed by atoms with Gasteiger partial charge in [-0.25, -0.2) is 4.90 Å². The zero-order valence-electron chi connectivity index (χ0n) is 23.8. The molecule has 0 bridgehead atoms. The highest BCUT2D eigenvalue weighted by atomic mass is 16.1. The fraction of sp³-hybridized carbons (Fsp3) is 0.0263. The van der Waals surface area contributed by atoms with E-state index >= 15 is 0 Å². The summed E-state index contributed by atoms with van der Waals surface area (Å²) >= 11 is 0. The van der Waals surface area contributed by atoms with Crippen LogP contribution < -0.4 is 20.0 Å². The topological polar surface area (TPSA) is 40.0 Å². The second-order valence-electron chi connectivity index (χ2n) is 10.5. The summed E-state index contributed by atoms with van der Waals surface area (Å²) in [6, 6.07) is 54.5. The molecular formula is C38H31N4O+. The highest BCUT2D eigenvalue weighted by Crippen LogP contribution is 2.46. The van der Waals surface area contributed by atoms with Crippen LogP contribution in [0.15, 0.2) is 158 Å². The summed E-state index contributed by atoms with van der Waals surface area (Å²) in [4.78, 5) is 18.1. The third kappa shape index (κ3) is 4.92. The van der Waals surface area contributed by atoms with E-state index < -0.39 is 0 Å². The summed E-state index contributed by atoms with van der Waals surface area (Å²) in [5.41, 5.74) is 10.4. The number of amides is 1. The molecule has 5 nitrogen and oxygen atoms in total. The van der Waals surface area contributed by atoms with Crippen LogP contribution in [0.25, 0.3) is 0 Å². The Balaban J connectivity index is 1.46. The molecule has 1 aliphatic rings. The Morgan fingerprint density at radius 1 is 0.605 bits per heavy atom. The van der Waals surface area contributed by atoms with E-state index in [0.29, 0.717) is 0 Å². The monoisotopic (exact) mass is 559 g/mol. The minimum Gasteiger partial charge on any atom is -0.325 e. The number of hydrogen-bond donors (Lipinski definition) is 2. The standard InChI is InChI=1S/C38H30N4O/c1-28(43)39-33-26-25-32(27-38(33)40(29-15-5-2-6-16-29)30-17-7-3-8-18-30)42-36-23-13-11-21-34(36)41(31-19-9-4-10-20-31)35-22-12-14-24-37(35)42/h2-27H,1H3,(H,39,43)/p+1. The molecule has 208 valence electrons. The highest BCUT2D eigenvalue weighted by molar-refractivity contribution is 5.97. The van der Waals surface area contributed by atoms with Gasteiger partial charge < -0.3 is 10.2 Å². The van der Waals surface area contributed by atoms with E-state index in [1.165, 1.54) is 0 Å². The fourth-order valence-electron chi connectivity index (χ4n) is 5.95. The van der Waals surface area contributed by atoms with Crippen molar-refractivity contribution in [3.8, 4) is 0 Å². The van der Waals surface area contributed by atoms with Gasteiger partial charge in [0.2, 0.25) is 5.91 Å². The number of carbonyl (C=O) groups excluding carboxylic acids is 1. The Labute approximate surface area is 251 Å². The van der Waals surface area contributed by atoms with E-state index in [4.69, 9.17) is 0 Å². The van der Waals surface area contributed by atoms with Gasteiger partial charge >= 0.3 is 0 Å². The molecule has 0 radical (unpaired) electrons. The lowest BCUT2D eigenvalue weighted by molar-refractivity contribution is -0.680. The van der Waals surface area contributed by atoms with Crippen molar-refractivity contribution in [2.24, 2.45) is 0 Å². The van der Waals surface area contributed by atoms with Gasteiger partial charge in [0.1, 0.15) is 17.1 Å². The molecule has 43 heavy (non-hydrogen) atoms. The van der Waals surface area contributed by atoms with Gasteiger partial charge in [0, 0.05) is 48.3 Å². The third-order valence-electron chi connectivity index (χ3n) is 7.71. The molecule has 0 fully saturated rings. The van der Waals surface area contributed by atoms with E-state index in [9.17, 15) is 4.79 Å². The third-order valence-corrected chi connectivity index (χ3v) is 7.71. The first kappa shape index (κ1) is 26.3. The number of rotatable bonds is 6.